The van der Waals surface area contributed by atoms with Gasteiger partial charge in [-0.05, 0) is 37.1 Å². The zero-order valence-corrected chi connectivity index (χ0v) is 14.9. The summed E-state index contributed by atoms with van der Waals surface area (Å²) in [5.41, 5.74) is 1.20. The van der Waals surface area contributed by atoms with Gasteiger partial charge in [0, 0.05) is 36.7 Å². The molecule has 0 bridgehead atoms. The van der Waals surface area contributed by atoms with Crippen LogP contribution < -0.4 is 10.6 Å². The van der Waals surface area contributed by atoms with E-state index in [0.717, 1.165) is 12.8 Å². The van der Waals surface area contributed by atoms with Crippen LogP contribution in [0.25, 0.3) is 0 Å². The predicted octanol–water partition coefficient (Wildman–Crippen LogP) is 1.69. The molecule has 0 radical (unpaired) electrons. The van der Waals surface area contributed by atoms with E-state index in [-0.39, 0.29) is 30.2 Å². The van der Waals surface area contributed by atoms with Crippen molar-refractivity contribution in [3.63, 3.8) is 0 Å². The first-order valence-corrected chi connectivity index (χ1v) is 8.95. The van der Waals surface area contributed by atoms with Gasteiger partial charge in [0.15, 0.2) is 0 Å². The Kier molecular flexibility index (Phi) is 6.14. The molecule has 3 rings (SSSR count). The molecule has 2 N–H and O–H groups in total. The van der Waals surface area contributed by atoms with Crippen molar-refractivity contribution in [1.29, 1.82) is 0 Å². The summed E-state index contributed by atoms with van der Waals surface area (Å²) < 4.78 is 0. The number of carbonyl (C=O) groups is 3. The van der Waals surface area contributed by atoms with Gasteiger partial charge in [-0.3, -0.25) is 19.4 Å². The third-order valence-corrected chi connectivity index (χ3v) is 4.53. The van der Waals surface area contributed by atoms with Crippen molar-refractivity contribution in [1.82, 2.24) is 15.2 Å². The summed E-state index contributed by atoms with van der Waals surface area (Å²) in [6, 6.07) is 12.2. The van der Waals surface area contributed by atoms with Crippen LogP contribution in [-0.4, -0.2) is 47.2 Å². The third-order valence-electron chi connectivity index (χ3n) is 4.53. The Labute approximate surface area is 157 Å². The normalized spacial score (nSPS) is 16.4. The molecule has 2 heterocycles. The molecule has 0 saturated carbocycles. The molecule has 1 saturated heterocycles. The van der Waals surface area contributed by atoms with Crippen molar-refractivity contribution in [3.05, 3.63) is 60.4 Å². The lowest BCUT2D eigenvalue weighted by molar-refractivity contribution is -0.133. The SMILES string of the molecule is O=C(NCC(=O)N1CCC[C@@H](C(=O)Nc2ccncc2)C1)c1ccccc1. The van der Waals surface area contributed by atoms with Crippen LogP contribution in [0.1, 0.15) is 23.2 Å². The van der Waals surface area contributed by atoms with Crippen LogP contribution >= 0.6 is 0 Å². The second-order valence-corrected chi connectivity index (χ2v) is 6.45. The summed E-state index contributed by atoms with van der Waals surface area (Å²) in [4.78, 5) is 42.5. The molecule has 1 aromatic heterocycles. The van der Waals surface area contributed by atoms with E-state index in [1.807, 2.05) is 6.07 Å². The first-order valence-electron chi connectivity index (χ1n) is 8.95. The van der Waals surface area contributed by atoms with Crippen LogP contribution in [0.2, 0.25) is 0 Å². The van der Waals surface area contributed by atoms with Crippen molar-refractivity contribution in [2.75, 3.05) is 25.0 Å². The zero-order chi connectivity index (χ0) is 19.1. The Morgan fingerprint density at radius 1 is 1.07 bits per heavy atom. The first-order chi connectivity index (χ1) is 13.1. The molecule has 3 amide bonds. The molecule has 0 unspecified atom stereocenters. The fourth-order valence-corrected chi connectivity index (χ4v) is 3.06. The smallest absolute Gasteiger partial charge is 0.251 e. The number of hydrogen-bond acceptors (Lipinski definition) is 4. The number of aromatic nitrogens is 1. The minimum atomic E-state index is -0.284. The molecule has 7 heteroatoms. The van der Waals surface area contributed by atoms with Gasteiger partial charge in [0.1, 0.15) is 0 Å². The summed E-state index contributed by atoms with van der Waals surface area (Å²) in [5.74, 6) is -0.832. The molecule has 1 aliphatic rings. The molecule has 2 aromatic rings. The Morgan fingerprint density at radius 2 is 1.81 bits per heavy atom. The van der Waals surface area contributed by atoms with E-state index in [4.69, 9.17) is 0 Å². The van der Waals surface area contributed by atoms with Crippen LogP contribution in [0.3, 0.4) is 0 Å². The molecule has 0 aliphatic carbocycles. The van der Waals surface area contributed by atoms with Gasteiger partial charge in [0.05, 0.1) is 12.5 Å². The average Bonchev–Trinajstić information content (AvgIpc) is 2.73. The van der Waals surface area contributed by atoms with Crippen LogP contribution in [0.4, 0.5) is 5.69 Å². The Hall–Kier alpha value is -3.22. The molecule has 7 nitrogen and oxygen atoms in total. The van der Waals surface area contributed by atoms with Crippen molar-refractivity contribution < 1.29 is 14.4 Å². The number of hydrogen-bond donors (Lipinski definition) is 2. The largest absolute Gasteiger partial charge is 0.343 e. The number of likely N-dealkylation sites (tertiary alicyclic amines) is 1. The maximum atomic E-state index is 12.4. The number of amides is 3. The lowest BCUT2D eigenvalue weighted by atomic mass is 9.97. The van der Waals surface area contributed by atoms with Crippen molar-refractivity contribution in [3.8, 4) is 0 Å². The molecular formula is C20H22N4O3. The topological polar surface area (TPSA) is 91.4 Å². The summed E-state index contributed by atoms with van der Waals surface area (Å²) in [5, 5.41) is 5.50. The van der Waals surface area contributed by atoms with E-state index in [1.165, 1.54) is 0 Å². The number of piperidine rings is 1. The van der Waals surface area contributed by atoms with Crippen molar-refractivity contribution in [2.24, 2.45) is 5.92 Å². The van der Waals surface area contributed by atoms with E-state index >= 15 is 0 Å². The molecule has 1 aromatic carbocycles. The van der Waals surface area contributed by atoms with Gasteiger partial charge in [-0.15, -0.1) is 0 Å². The average molecular weight is 366 g/mol. The molecule has 1 fully saturated rings. The molecule has 1 aliphatic heterocycles. The lowest BCUT2D eigenvalue weighted by Gasteiger charge is -2.32. The second-order valence-electron chi connectivity index (χ2n) is 6.45. The van der Waals surface area contributed by atoms with Gasteiger partial charge in [-0.25, -0.2) is 0 Å². The fraction of sp³-hybridized carbons (Fsp3) is 0.300. The Balaban J connectivity index is 1.50. The number of benzene rings is 1. The minimum absolute atomic E-state index is 0.0770. The maximum absolute atomic E-state index is 12.4. The van der Waals surface area contributed by atoms with Crippen molar-refractivity contribution >= 4 is 23.4 Å². The molecule has 0 spiro atoms. The van der Waals surface area contributed by atoms with Gasteiger partial charge in [-0.1, -0.05) is 18.2 Å². The molecular weight excluding hydrogens is 344 g/mol. The van der Waals surface area contributed by atoms with Gasteiger partial charge in [0.2, 0.25) is 11.8 Å². The summed E-state index contributed by atoms with van der Waals surface area (Å²) in [6.07, 6.45) is 4.72. The first kappa shape index (κ1) is 18.6. The van der Waals surface area contributed by atoms with E-state index in [2.05, 4.69) is 15.6 Å². The van der Waals surface area contributed by atoms with Crippen LogP contribution in [0, 0.1) is 5.92 Å². The second kappa shape index (κ2) is 8.93. The zero-order valence-electron chi connectivity index (χ0n) is 14.9. The summed E-state index contributed by atoms with van der Waals surface area (Å²) in [7, 11) is 0. The Bertz CT molecular complexity index is 795. The van der Waals surface area contributed by atoms with Gasteiger partial charge in [0.25, 0.3) is 5.91 Å². The summed E-state index contributed by atoms with van der Waals surface area (Å²) >= 11 is 0. The van der Waals surface area contributed by atoms with Gasteiger partial charge in [-0.2, -0.15) is 0 Å². The fourth-order valence-electron chi connectivity index (χ4n) is 3.06. The quantitative estimate of drug-likeness (QED) is 0.842. The standard InChI is InChI=1S/C20H22N4O3/c25-18(13-22-19(26)15-5-2-1-3-6-15)24-12-4-7-16(14-24)20(27)23-17-8-10-21-11-9-17/h1-3,5-6,8-11,16H,4,7,12-14H2,(H,22,26)(H,21,23,27)/t16-/m1/s1. The highest BCUT2D eigenvalue weighted by atomic mass is 16.2. The van der Waals surface area contributed by atoms with Crippen LogP contribution in [0.5, 0.6) is 0 Å². The highest BCUT2D eigenvalue weighted by Crippen LogP contribution is 2.18. The highest BCUT2D eigenvalue weighted by Gasteiger charge is 2.28. The highest BCUT2D eigenvalue weighted by molar-refractivity contribution is 5.96. The van der Waals surface area contributed by atoms with Gasteiger partial charge < -0.3 is 15.5 Å². The monoisotopic (exact) mass is 366 g/mol. The maximum Gasteiger partial charge on any atom is 0.251 e. The predicted molar refractivity (Wildman–Crippen MR) is 101 cm³/mol. The number of nitrogens with zero attached hydrogens (tertiary/aromatic N) is 2. The van der Waals surface area contributed by atoms with Gasteiger partial charge >= 0.3 is 0 Å². The molecule has 140 valence electrons. The Morgan fingerprint density at radius 3 is 2.56 bits per heavy atom. The lowest BCUT2D eigenvalue weighted by Crippen LogP contribution is -2.47. The van der Waals surface area contributed by atoms with E-state index in [9.17, 15) is 14.4 Å². The molecule has 27 heavy (non-hydrogen) atoms. The molecule has 1 atom stereocenters. The van der Waals surface area contributed by atoms with Crippen LogP contribution in [0.15, 0.2) is 54.9 Å². The minimum Gasteiger partial charge on any atom is -0.343 e. The number of rotatable bonds is 5. The van der Waals surface area contributed by atoms with E-state index in [1.54, 1.807) is 53.7 Å². The van der Waals surface area contributed by atoms with E-state index in [0.29, 0.717) is 24.3 Å². The van der Waals surface area contributed by atoms with Crippen LogP contribution in [-0.2, 0) is 9.59 Å². The van der Waals surface area contributed by atoms with E-state index < -0.39 is 0 Å². The number of nitrogens with one attached hydrogen (secondary N) is 2. The summed E-state index contributed by atoms with van der Waals surface area (Å²) in [6.45, 7) is 0.877. The number of carbonyl (C=O) groups excluding carboxylic acids is 3. The number of anilines is 1. The number of pyridine rings is 1. The third kappa shape index (κ3) is 5.13. The van der Waals surface area contributed by atoms with Crippen molar-refractivity contribution in [2.45, 2.75) is 12.8 Å².